The number of carbonyl (C=O) groups excluding carboxylic acids is 1. The van der Waals surface area contributed by atoms with Gasteiger partial charge in [0, 0.05) is 6.42 Å². The third-order valence-corrected chi connectivity index (χ3v) is 15.2. The molecule has 12 N–H and O–H groups in total. The second kappa shape index (κ2) is 46.2. The topological polar surface area (TPSA) is 307 Å². The first-order valence-electron chi connectivity index (χ1n) is 31.3. The molecule has 3 aliphatic rings. The van der Waals surface area contributed by atoms with E-state index in [1.54, 1.807) is 0 Å². The molecule has 478 valence electrons. The maximum atomic E-state index is 13.2. The van der Waals surface area contributed by atoms with Gasteiger partial charge in [-0.3, -0.25) is 4.79 Å². The summed E-state index contributed by atoms with van der Waals surface area (Å²) in [6, 6.07) is -0.889. The van der Waals surface area contributed by atoms with Crippen LogP contribution in [0, 0.1) is 0 Å². The Balaban J connectivity index is 1.31. The Labute approximate surface area is 495 Å². The Kier molecular flexibility index (Phi) is 41.3. The molecule has 17 atom stereocenters. The molecule has 0 aromatic rings. The Morgan fingerprint density at radius 3 is 1.30 bits per heavy atom. The van der Waals surface area contributed by atoms with Crippen molar-refractivity contribution < 1.29 is 89.4 Å². The highest BCUT2D eigenvalue weighted by atomic mass is 16.8. The summed E-state index contributed by atoms with van der Waals surface area (Å²) in [6.45, 7) is 1.54. The van der Waals surface area contributed by atoms with Crippen LogP contribution in [-0.4, -0.2) is 193 Å². The minimum absolute atomic E-state index is 0.256. The van der Waals surface area contributed by atoms with Gasteiger partial charge in [0.1, 0.15) is 73.2 Å². The second-order valence-electron chi connectivity index (χ2n) is 22.1. The van der Waals surface area contributed by atoms with Gasteiger partial charge >= 0.3 is 0 Å². The number of hydrogen-bond donors (Lipinski definition) is 12. The van der Waals surface area contributed by atoms with Crippen LogP contribution >= 0.6 is 0 Å². The average Bonchev–Trinajstić information content (AvgIpc) is 3.52. The van der Waals surface area contributed by atoms with Crippen LogP contribution in [0.25, 0.3) is 0 Å². The van der Waals surface area contributed by atoms with Crippen molar-refractivity contribution in [3.63, 3.8) is 0 Å². The van der Waals surface area contributed by atoms with Crippen LogP contribution < -0.4 is 5.32 Å². The molecule has 83 heavy (non-hydrogen) atoms. The Hall–Kier alpha value is -3.03. The third-order valence-electron chi connectivity index (χ3n) is 15.2. The largest absolute Gasteiger partial charge is 0.394 e. The van der Waals surface area contributed by atoms with Crippen molar-refractivity contribution in [3.05, 3.63) is 85.1 Å². The van der Waals surface area contributed by atoms with Gasteiger partial charge in [-0.05, 0) is 70.6 Å². The lowest BCUT2D eigenvalue weighted by Crippen LogP contribution is -2.66. The number of ether oxygens (including phenoxy) is 6. The van der Waals surface area contributed by atoms with Gasteiger partial charge in [-0.25, -0.2) is 0 Å². The fraction of sp³-hybridized carbons (Fsp3) is 0.766. The summed E-state index contributed by atoms with van der Waals surface area (Å²) in [6.07, 6.45) is 30.4. The standard InChI is InChI=1S/C64H109NO18/c1-3-5-7-9-10-11-12-13-14-15-16-17-18-19-20-21-22-23-24-25-26-27-28-29-30-31-32-33-34-35-36-38-40-42-52(70)65-47(48(69)41-39-37-8-6-4-2)46-78-62-58(76)55(73)60(50(44-67)80-62)83-64-59(77)56(74)61(51(45-68)81-64)82-63-57(75)54(72)53(71)49(43-66)79-63/h5,7,10-11,13-14,16-17,19-20,22-23,25-26,47-51,53-64,66-69,71-77H,3-4,6,8-9,12,15,18,21,24,27-46H2,1-2H3,(H,65,70)/b7-5-,11-10-,14-13-,17-16-,20-19-,23-22-,26-25-. The SMILES string of the molecule is CC/C=C\C/C=C\C/C=C\C/C=C\C/C=C\C/C=C\C/C=C\CCCCCCCCCCCCCC(=O)NC(COC1OC(CO)C(OC2OC(CO)C(OC3OC(CO)C(O)C(O)C3O)C(O)C2O)C(O)C1O)C(O)CCCCCCC. The second-order valence-corrected chi connectivity index (χ2v) is 22.1. The summed E-state index contributed by atoms with van der Waals surface area (Å²) in [4.78, 5) is 13.2. The molecule has 0 radical (unpaired) electrons. The summed E-state index contributed by atoms with van der Waals surface area (Å²) in [5.41, 5.74) is 0. The van der Waals surface area contributed by atoms with Crippen molar-refractivity contribution in [2.24, 2.45) is 0 Å². The van der Waals surface area contributed by atoms with Crippen LogP contribution in [-0.2, 0) is 33.2 Å². The zero-order chi connectivity index (χ0) is 60.5. The van der Waals surface area contributed by atoms with E-state index in [0.717, 1.165) is 103 Å². The maximum absolute atomic E-state index is 13.2. The quantitative estimate of drug-likeness (QED) is 0.0233. The van der Waals surface area contributed by atoms with Gasteiger partial charge in [-0.15, -0.1) is 0 Å². The minimum atomic E-state index is -1.97. The number of rotatable bonds is 45. The number of allylic oxidation sites excluding steroid dienone is 14. The van der Waals surface area contributed by atoms with Crippen molar-refractivity contribution in [2.75, 3.05) is 26.4 Å². The molecule has 0 bridgehead atoms. The highest BCUT2D eigenvalue weighted by Crippen LogP contribution is 2.33. The summed E-state index contributed by atoms with van der Waals surface area (Å²) >= 11 is 0. The van der Waals surface area contributed by atoms with Crippen molar-refractivity contribution in [1.29, 1.82) is 0 Å². The van der Waals surface area contributed by atoms with Crippen molar-refractivity contribution >= 4 is 5.91 Å². The van der Waals surface area contributed by atoms with E-state index in [2.05, 4.69) is 104 Å². The molecule has 3 aliphatic heterocycles. The molecule has 0 aromatic heterocycles. The molecule has 0 spiro atoms. The van der Waals surface area contributed by atoms with Crippen LogP contribution in [0.2, 0.25) is 0 Å². The van der Waals surface area contributed by atoms with Gasteiger partial charge in [0.2, 0.25) is 5.91 Å². The Bertz CT molecular complexity index is 1840. The number of unbranched alkanes of at least 4 members (excludes halogenated alkanes) is 15. The monoisotopic (exact) mass is 1180 g/mol. The highest BCUT2D eigenvalue weighted by Gasteiger charge is 2.53. The van der Waals surface area contributed by atoms with E-state index in [-0.39, 0.29) is 18.9 Å². The minimum Gasteiger partial charge on any atom is -0.394 e. The lowest BCUT2D eigenvalue weighted by Gasteiger charge is -2.48. The molecule has 3 rings (SSSR count). The lowest BCUT2D eigenvalue weighted by molar-refractivity contribution is -0.379. The molecule has 0 aliphatic carbocycles. The molecule has 19 heteroatoms. The van der Waals surface area contributed by atoms with E-state index in [1.165, 1.54) is 38.5 Å². The summed E-state index contributed by atoms with van der Waals surface area (Å²) in [5.74, 6) is -0.258. The predicted octanol–water partition coefficient (Wildman–Crippen LogP) is 6.37. The number of amides is 1. The number of hydrogen-bond acceptors (Lipinski definition) is 18. The van der Waals surface area contributed by atoms with Crippen molar-refractivity contribution in [1.82, 2.24) is 5.32 Å². The molecule has 0 aromatic carbocycles. The lowest BCUT2D eigenvalue weighted by atomic mass is 9.96. The first-order valence-corrected chi connectivity index (χ1v) is 31.3. The number of carbonyl (C=O) groups is 1. The van der Waals surface area contributed by atoms with Crippen LogP contribution in [0.1, 0.15) is 181 Å². The van der Waals surface area contributed by atoms with Gasteiger partial charge in [0.25, 0.3) is 0 Å². The molecule has 19 nitrogen and oxygen atoms in total. The predicted molar refractivity (Wildman–Crippen MR) is 318 cm³/mol. The van der Waals surface area contributed by atoms with E-state index in [0.29, 0.717) is 19.3 Å². The van der Waals surface area contributed by atoms with Gasteiger partial charge in [-0.1, -0.05) is 189 Å². The molecule has 3 fully saturated rings. The first-order chi connectivity index (χ1) is 40.3. The number of aliphatic hydroxyl groups excluding tert-OH is 11. The van der Waals surface area contributed by atoms with Crippen molar-refractivity contribution in [2.45, 2.75) is 285 Å². The van der Waals surface area contributed by atoms with Crippen LogP contribution in [0.5, 0.6) is 0 Å². The van der Waals surface area contributed by atoms with Crippen LogP contribution in [0.4, 0.5) is 0 Å². The molecule has 0 saturated carbocycles. The Morgan fingerprint density at radius 1 is 0.446 bits per heavy atom. The van der Waals surface area contributed by atoms with E-state index in [1.807, 2.05) is 0 Å². The van der Waals surface area contributed by atoms with Gasteiger partial charge in [-0.2, -0.15) is 0 Å². The summed E-state index contributed by atoms with van der Waals surface area (Å²) in [5, 5.41) is 120. The normalized spacial score (nSPS) is 30.0. The summed E-state index contributed by atoms with van der Waals surface area (Å²) < 4.78 is 34.1. The molecular weight excluding hydrogens is 1070 g/mol. The molecular formula is C64H109NO18. The van der Waals surface area contributed by atoms with Crippen molar-refractivity contribution in [3.8, 4) is 0 Å². The first kappa shape index (κ1) is 74.2. The molecule has 17 unspecified atom stereocenters. The zero-order valence-electron chi connectivity index (χ0n) is 49.9. The molecule has 1 amide bonds. The highest BCUT2D eigenvalue weighted by molar-refractivity contribution is 5.76. The number of nitrogens with one attached hydrogen (secondary N) is 1. The van der Waals surface area contributed by atoms with Crippen LogP contribution in [0.15, 0.2) is 85.1 Å². The van der Waals surface area contributed by atoms with Gasteiger partial charge < -0.3 is 89.9 Å². The summed E-state index contributed by atoms with van der Waals surface area (Å²) in [7, 11) is 0. The third kappa shape index (κ3) is 29.5. The molecule has 3 saturated heterocycles. The number of aliphatic hydroxyl groups is 11. The van der Waals surface area contributed by atoms with Gasteiger partial charge in [0.05, 0.1) is 38.6 Å². The maximum Gasteiger partial charge on any atom is 0.220 e. The fourth-order valence-corrected chi connectivity index (χ4v) is 10.1. The van der Waals surface area contributed by atoms with E-state index in [4.69, 9.17) is 28.4 Å². The average molecular weight is 1180 g/mol. The molecule has 3 heterocycles. The van der Waals surface area contributed by atoms with Gasteiger partial charge in [0.15, 0.2) is 18.9 Å². The zero-order valence-corrected chi connectivity index (χ0v) is 49.9. The fourth-order valence-electron chi connectivity index (χ4n) is 10.1. The Morgan fingerprint density at radius 2 is 0.831 bits per heavy atom. The van der Waals surface area contributed by atoms with E-state index >= 15 is 0 Å². The van der Waals surface area contributed by atoms with Crippen LogP contribution in [0.3, 0.4) is 0 Å². The van der Waals surface area contributed by atoms with E-state index in [9.17, 15) is 61.0 Å². The smallest absolute Gasteiger partial charge is 0.220 e. The van der Waals surface area contributed by atoms with E-state index < -0.39 is 124 Å².